The van der Waals surface area contributed by atoms with Crippen molar-refractivity contribution in [2.45, 2.75) is 32.7 Å². The van der Waals surface area contributed by atoms with Gasteiger partial charge in [-0.2, -0.15) is 0 Å². The lowest BCUT2D eigenvalue weighted by Gasteiger charge is -2.29. The molecule has 0 radical (unpaired) electrons. The second kappa shape index (κ2) is 8.03. The third-order valence-electron chi connectivity index (χ3n) is 4.67. The van der Waals surface area contributed by atoms with Crippen LogP contribution in [0.25, 0.3) is 0 Å². The zero-order chi connectivity index (χ0) is 19.4. The van der Waals surface area contributed by atoms with Gasteiger partial charge in [0.2, 0.25) is 17.7 Å². The summed E-state index contributed by atoms with van der Waals surface area (Å²) in [7, 11) is 0. The van der Waals surface area contributed by atoms with E-state index < -0.39 is 0 Å². The SMILES string of the molecule is Cc1ccccc1C(C)NC(=O)CCC(=O)N1CC(=O)Nc2ccccc21. The Morgan fingerprint density at radius 2 is 1.81 bits per heavy atom. The van der Waals surface area contributed by atoms with E-state index >= 15 is 0 Å². The van der Waals surface area contributed by atoms with Gasteiger partial charge in [0.05, 0.1) is 17.4 Å². The van der Waals surface area contributed by atoms with Crippen LogP contribution in [0.2, 0.25) is 0 Å². The highest BCUT2D eigenvalue weighted by Gasteiger charge is 2.26. The van der Waals surface area contributed by atoms with Crippen LogP contribution < -0.4 is 15.5 Å². The van der Waals surface area contributed by atoms with Crippen molar-refractivity contribution in [1.29, 1.82) is 0 Å². The summed E-state index contributed by atoms with van der Waals surface area (Å²) in [6.07, 6.45) is 0.128. The van der Waals surface area contributed by atoms with Crippen molar-refractivity contribution in [3.8, 4) is 0 Å². The number of hydrogen-bond acceptors (Lipinski definition) is 3. The summed E-state index contributed by atoms with van der Waals surface area (Å²) in [5.74, 6) is -0.662. The highest BCUT2D eigenvalue weighted by Crippen LogP contribution is 2.29. The molecule has 6 heteroatoms. The molecule has 2 N–H and O–H groups in total. The molecular formula is C21H23N3O3. The van der Waals surface area contributed by atoms with Gasteiger partial charge < -0.3 is 15.5 Å². The van der Waals surface area contributed by atoms with Crippen molar-refractivity contribution < 1.29 is 14.4 Å². The first-order valence-electron chi connectivity index (χ1n) is 9.00. The number of carbonyl (C=O) groups is 3. The molecular weight excluding hydrogens is 342 g/mol. The van der Waals surface area contributed by atoms with Crippen LogP contribution in [0.15, 0.2) is 48.5 Å². The topological polar surface area (TPSA) is 78.5 Å². The highest BCUT2D eigenvalue weighted by molar-refractivity contribution is 6.10. The summed E-state index contributed by atoms with van der Waals surface area (Å²) >= 11 is 0. The maximum atomic E-state index is 12.6. The maximum Gasteiger partial charge on any atom is 0.244 e. The number of hydrogen-bond donors (Lipinski definition) is 2. The first-order chi connectivity index (χ1) is 13.0. The van der Waals surface area contributed by atoms with Gasteiger partial charge in [-0.1, -0.05) is 36.4 Å². The standard InChI is InChI=1S/C21H23N3O3/c1-14-7-3-4-8-16(14)15(2)22-19(25)11-12-21(27)24-13-20(26)23-17-9-5-6-10-18(17)24/h3-10,15H,11-13H2,1-2H3,(H,22,25)(H,23,26). The molecule has 2 aromatic rings. The fraction of sp³-hybridized carbons (Fsp3) is 0.286. The van der Waals surface area contributed by atoms with Gasteiger partial charge in [-0.25, -0.2) is 0 Å². The predicted molar refractivity (Wildman–Crippen MR) is 104 cm³/mol. The first kappa shape index (κ1) is 18.6. The van der Waals surface area contributed by atoms with Crippen LogP contribution in [-0.4, -0.2) is 24.3 Å². The lowest BCUT2D eigenvalue weighted by molar-refractivity contribution is -0.126. The molecule has 1 atom stereocenters. The van der Waals surface area contributed by atoms with E-state index in [2.05, 4.69) is 10.6 Å². The first-order valence-corrected chi connectivity index (χ1v) is 9.00. The van der Waals surface area contributed by atoms with Crippen LogP contribution in [0, 0.1) is 6.92 Å². The zero-order valence-electron chi connectivity index (χ0n) is 15.5. The Morgan fingerprint density at radius 1 is 1.11 bits per heavy atom. The van der Waals surface area contributed by atoms with Crippen molar-refractivity contribution >= 4 is 29.1 Å². The van der Waals surface area contributed by atoms with Gasteiger partial charge in [0.15, 0.2) is 0 Å². The molecule has 140 valence electrons. The van der Waals surface area contributed by atoms with Crippen LogP contribution in [-0.2, 0) is 14.4 Å². The summed E-state index contributed by atoms with van der Waals surface area (Å²) < 4.78 is 0. The van der Waals surface area contributed by atoms with Crippen molar-refractivity contribution in [3.63, 3.8) is 0 Å². The molecule has 0 bridgehead atoms. The summed E-state index contributed by atoms with van der Waals surface area (Å²) in [6.45, 7) is 3.89. The van der Waals surface area contributed by atoms with E-state index in [-0.39, 0.29) is 43.1 Å². The quantitative estimate of drug-likeness (QED) is 0.855. The number of carbonyl (C=O) groups excluding carboxylic acids is 3. The molecule has 6 nitrogen and oxygen atoms in total. The number of anilines is 2. The minimum atomic E-state index is -0.240. The molecule has 1 heterocycles. The summed E-state index contributed by atoms with van der Waals surface area (Å²) in [5, 5.41) is 5.68. The maximum absolute atomic E-state index is 12.6. The molecule has 1 aliphatic rings. The minimum Gasteiger partial charge on any atom is -0.350 e. The molecule has 1 aliphatic heterocycles. The molecule has 27 heavy (non-hydrogen) atoms. The molecule has 1 unspecified atom stereocenters. The molecule has 0 aromatic heterocycles. The Labute approximate surface area is 158 Å². The van der Waals surface area contributed by atoms with E-state index in [4.69, 9.17) is 0 Å². The van der Waals surface area contributed by atoms with Gasteiger partial charge in [0.25, 0.3) is 0 Å². The lowest BCUT2D eigenvalue weighted by Crippen LogP contribution is -2.42. The van der Waals surface area contributed by atoms with Gasteiger partial charge in [-0.15, -0.1) is 0 Å². The average molecular weight is 365 g/mol. The van der Waals surface area contributed by atoms with E-state index in [9.17, 15) is 14.4 Å². The smallest absolute Gasteiger partial charge is 0.244 e. The zero-order valence-corrected chi connectivity index (χ0v) is 15.5. The van der Waals surface area contributed by atoms with Crippen LogP contribution in [0.1, 0.15) is 36.9 Å². The van der Waals surface area contributed by atoms with E-state index in [1.807, 2.05) is 44.2 Å². The number of nitrogens with zero attached hydrogens (tertiary/aromatic N) is 1. The number of fused-ring (bicyclic) bond motifs is 1. The second-order valence-corrected chi connectivity index (χ2v) is 6.69. The monoisotopic (exact) mass is 365 g/mol. The Hall–Kier alpha value is -3.15. The predicted octanol–water partition coefficient (Wildman–Crippen LogP) is 2.94. The van der Waals surface area contributed by atoms with Crippen molar-refractivity contribution in [2.24, 2.45) is 0 Å². The fourth-order valence-corrected chi connectivity index (χ4v) is 3.28. The molecule has 0 aliphatic carbocycles. The van der Waals surface area contributed by atoms with E-state index in [0.29, 0.717) is 11.4 Å². The van der Waals surface area contributed by atoms with Gasteiger partial charge >= 0.3 is 0 Å². The number of benzene rings is 2. The molecule has 3 rings (SSSR count). The van der Waals surface area contributed by atoms with Crippen molar-refractivity contribution in [1.82, 2.24) is 5.32 Å². The molecule has 0 saturated carbocycles. The highest BCUT2D eigenvalue weighted by atomic mass is 16.2. The van der Waals surface area contributed by atoms with E-state index in [1.165, 1.54) is 4.90 Å². The number of nitrogens with one attached hydrogen (secondary N) is 2. The average Bonchev–Trinajstić information content (AvgIpc) is 2.65. The third-order valence-corrected chi connectivity index (χ3v) is 4.67. The molecule has 2 aromatic carbocycles. The van der Waals surface area contributed by atoms with E-state index in [1.54, 1.807) is 18.2 Å². The number of rotatable bonds is 5. The largest absolute Gasteiger partial charge is 0.350 e. The Balaban J connectivity index is 1.59. The fourth-order valence-electron chi connectivity index (χ4n) is 3.28. The minimum absolute atomic E-state index is 0.0307. The Bertz CT molecular complexity index is 878. The van der Waals surface area contributed by atoms with Crippen LogP contribution in [0.3, 0.4) is 0 Å². The van der Waals surface area contributed by atoms with Crippen molar-refractivity contribution in [3.05, 3.63) is 59.7 Å². The summed E-state index contributed by atoms with van der Waals surface area (Å²) in [4.78, 5) is 38.1. The molecule has 0 saturated heterocycles. The van der Waals surface area contributed by atoms with Crippen LogP contribution in [0.4, 0.5) is 11.4 Å². The second-order valence-electron chi connectivity index (χ2n) is 6.69. The van der Waals surface area contributed by atoms with Gasteiger partial charge in [-0.05, 0) is 37.1 Å². The number of para-hydroxylation sites is 2. The third kappa shape index (κ3) is 4.34. The Morgan fingerprint density at radius 3 is 2.59 bits per heavy atom. The Kier molecular flexibility index (Phi) is 5.54. The number of aryl methyl sites for hydroxylation is 1. The summed E-state index contributed by atoms with van der Waals surface area (Å²) in [5.41, 5.74) is 3.44. The molecule has 3 amide bonds. The van der Waals surface area contributed by atoms with Gasteiger partial charge in [-0.3, -0.25) is 14.4 Å². The van der Waals surface area contributed by atoms with Gasteiger partial charge in [0.1, 0.15) is 6.54 Å². The lowest BCUT2D eigenvalue weighted by atomic mass is 10.0. The molecule has 0 spiro atoms. The summed E-state index contributed by atoms with van der Waals surface area (Å²) in [6, 6.07) is 14.9. The normalized spacial score (nSPS) is 14.1. The van der Waals surface area contributed by atoms with E-state index in [0.717, 1.165) is 11.1 Å². The molecule has 0 fully saturated rings. The van der Waals surface area contributed by atoms with Crippen LogP contribution in [0.5, 0.6) is 0 Å². The van der Waals surface area contributed by atoms with Crippen molar-refractivity contribution in [2.75, 3.05) is 16.8 Å². The van der Waals surface area contributed by atoms with Crippen LogP contribution >= 0.6 is 0 Å². The number of amides is 3. The van der Waals surface area contributed by atoms with Gasteiger partial charge in [0, 0.05) is 12.8 Å².